The fraction of sp³-hybridized carbons (Fsp3) is 0.667. The van der Waals surface area contributed by atoms with E-state index in [0.29, 0.717) is 12.8 Å². The van der Waals surface area contributed by atoms with Gasteiger partial charge in [-0.3, -0.25) is 10.1 Å². The summed E-state index contributed by atoms with van der Waals surface area (Å²) in [5, 5.41) is 4.75. The van der Waals surface area contributed by atoms with Gasteiger partial charge in [0.1, 0.15) is 5.54 Å². The Morgan fingerprint density at radius 2 is 2.00 bits per heavy atom. The molecule has 0 atom stereocenters. The quantitative estimate of drug-likeness (QED) is 0.434. The first-order chi connectivity index (χ1) is 5.12. The summed E-state index contributed by atoms with van der Waals surface area (Å²) < 4.78 is 0. The summed E-state index contributed by atoms with van der Waals surface area (Å²) in [6.45, 7) is 0. The molecule has 1 heterocycles. The van der Waals surface area contributed by atoms with Crippen LogP contribution < -0.4 is 16.4 Å². The third kappa shape index (κ3) is 1.05. The van der Waals surface area contributed by atoms with Crippen LogP contribution in [0.15, 0.2) is 0 Å². The van der Waals surface area contributed by atoms with Crippen LogP contribution in [0.2, 0.25) is 0 Å². The summed E-state index contributed by atoms with van der Waals surface area (Å²) in [5.41, 5.74) is 4.85. The Balaban J connectivity index is 0.000000720. The fourth-order valence-corrected chi connectivity index (χ4v) is 1.65. The summed E-state index contributed by atoms with van der Waals surface area (Å²) in [5.74, 6) is -0.232. The van der Waals surface area contributed by atoms with Gasteiger partial charge in [-0.05, 0) is 12.8 Å². The van der Waals surface area contributed by atoms with Crippen LogP contribution in [0.4, 0.5) is 4.79 Å². The average Bonchev–Trinajstić information content (AvgIpc) is 2.06. The van der Waals surface area contributed by atoms with Gasteiger partial charge in [-0.2, -0.15) is 0 Å². The minimum atomic E-state index is -0.656. The molecule has 0 aromatic heterocycles. The zero-order valence-electron chi connectivity index (χ0n) is 6.29. The van der Waals surface area contributed by atoms with E-state index in [1.807, 2.05) is 0 Å². The van der Waals surface area contributed by atoms with E-state index >= 15 is 0 Å². The second kappa shape index (κ2) is 2.60. The van der Waals surface area contributed by atoms with Crippen molar-refractivity contribution in [2.75, 3.05) is 0 Å². The number of rotatable bonds is 0. The predicted octanol–water partition coefficient (Wildman–Crippen LogP) is -0.892. The maximum absolute atomic E-state index is 11.1. The molecule has 3 amide bonds. The topological polar surface area (TPSA) is 84.2 Å². The van der Waals surface area contributed by atoms with Crippen molar-refractivity contribution in [1.82, 2.24) is 10.6 Å². The molecule has 6 heteroatoms. The Hall–Kier alpha value is -0.810. The standard InChI is InChI=1S/C6H9N3O2.ClH/c7-3-1-6(2-3)4(10)8-5(11)9-6;/h3H,1-2,7H2,(H2,8,9,10,11);1H. The van der Waals surface area contributed by atoms with Gasteiger partial charge in [-0.1, -0.05) is 0 Å². The van der Waals surface area contributed by atoms with Crippen molar-refractivity contribution in [2.24, 2.45) is 5.73 Å². The largest absolute Gasteiger partial charge is 0.327 e. The van der Waals surface area contributed by atoms with Crippen molar-refractivity contribution in [1.29, 1.82) is 0 Å². The van der Waals surface area contributed by atoms with E-state index < -0.39 is 11.6 Å². The average molecular weight is 192 g/mol. The molecule has 12 heavy (non-hydrogen) atoms. The first kappa shape index (κ1) is 9.28. The molecule has 1 aliphatic heterocycles. The van der Waals surface area contributed by atoms with E-state index in [-0.39, 0.29) is 24.4 Å². The minimum Gasteiger partial charge on any atom is -0.327 e. The van der Waals surface area contributed by atoms with Crippen molar-refractivity contribution in [3.8, 4) is 0 Å². The molecular formula is C6H10ClN3O2. The van der Waals surface area contributed by atoms with Crippen LogP contribution in [0.5, 0.6) is 0 Å². The van der Waals surface area contributed by atoms with Crippen LogP contribution >= 0.6 is 12.4 Å². The lowest BCUT2D eigenvalue weighted by atomic mass is 9.73. The van der Waals surface area contributed by atoms with Crippen LogP contribution in [0.25, 0.3) is 0 Å². The SMILES string of the molecule is Cl.NC1CC2(C1)NC(=O)NC2=O. The minimum absolute atomic E-state index is 0. The Kier molecular flexibility index (Phi) is 2.01. The number of halogens is 1. The van der Waals surface area contributed by atoms with E-state index in [1.54, 1.807) is 0 Å². The highest BCUT2D eigenvalue weighted by atomic mass is 35.5. The van der Waals surface area contributed by atoms with Gasteiger partial charge in [0.05, 0.1) is 0 Å². The molecule has 2 aliphatic rings. The van der Waals surface area contributed by atoms with Gasteiger partial charge in [0.2, 0.25) is 0 Å². The maximum atomic E-state index is 11.1. The number of imide groups is 1. The number of nitrogens with two attached hydrogens (primary N) is 1. The maximum Gasteiger partial charge on any atom is 0.322 e. The number of carbonyl (C=O) groups is 2. The fourth-order valence-electron chi connectivity index (χ4n) is 1.65. The van der Waals surface area contributed by atoms with E-state index in [2.05, 4.69) is 10.6 Å². The zero-order chi connectivity index (χ0) is 8.06. The number of urea groups is 1. The summed E-state index contributed by atoms with van der Waals surface area (Å²) in [6, 6.07) is -0.346. The van der Waals surface area contributed by atoms with Crippen molar-refractivity contribution >= 4 is 24.3 Å². The lowest BCUT2D eigenvalue weighted by Gasteiger charge is -2.39. The number of carbonyl (C=O) groups excluding carboxylic acids is 2. The summed E-state index contributed by atoms with van der Waals surface area (Å²) >= 11 is 0. The Labute approximate surface area is 75.5 Å². The second-order valence-electron chi connectivity index (χ2n) is 3.16. The molecule has 0 aromatic carbocycles. The van der Waals surface area contributed by atoms with Crippen LogP contribution in [0.1, 0.15) is 12.8 Å². The predicted molar refractivity (Wildman–Crippen MR) is 43.9 cm³/mol. The van der Waals surface area contributed by atoms with Gasteiger partial charge >= 0.3 is 6.03 Å². The zero-order valence-corrected chi connectivity index (χ0v) is 7.11. The molecule has 5 nitrogen and oxygen atoms in total. The number of hydrogen-bond donors (Lipinski definition) is 3. The van der Waals surface area contributed by atoms with Crippen LogP contribution in [0.3, 0.4) is 0 Å². The summed E-state index contributed by atoms with van der Waals surface area (Å²) in [7, 11) is 0. The number of hydrogen-bond acceptors (Lipinski definition) is 3. The molecular weight excluding hydrogens is 182 g/mol. The third-order valence-corrected chi connectivity index (χ3v) is 2.24. The molecule has 2 fully saturated rings. The highest BCUT2D eigenvalue weighted by Crippen LogP contribution is 2.33. The van der Waals surface area contributed by atoms with Crippen LogP contribution in [-0.4, -0.2) is 23.5 Å². The van der Waals surface area contributed by atoms with Gasteiger partial charge in [0.15, 0.2) is 0 Å². The van der Waals surface area contributed by atoms with E-state index in [4.69, 9.17) is 5.73 Å². The molecule has 1 aliphatic carbocycles. The summed E-state index contributed by atoms with van der Waals surface area (Å²) in [4.78, 5) is 21.8. The van der Waals surface area contributed by atoms with Crippen molar-refractivity contribution < 1.29 is 9.59 Å². The van der Waals surface area contributed by atoms with Crippen molar-refractivity contribution in [2.45, 2.75) is 24.4 Å². The van der Waals surface area contributed by atoms with Crippen molar-refractivity contribution in [3.63, 3.8) is 0 Å². The first-order valence-corrected chi connectivity index (χ1v) is 3.52. The molecule has 0 bridgehead atoms. The van der Waals surface area contributed by atoms with Crippen LogP contribution in [0, 0.1) is 0 Å². The molecule has 0 aromatic rings. The Morgan fingerprint density at radius 3 is 2.33 bits per heavy atom. The highest BCUT2D eigenvalue weighted by molar-refractivity contribution is 6.07. The van der Waals surface area contributed by atoms with Gasteiger partial charge < -0.3 is 11.1 Å². The highest BCUT2D eigenvalue weighted by Gasteiger charge is 2.54. The van der Waals surface area contributed by atoms with E-state index in [1.165, 1.54) is 0 Å². The van der Waals surface area contributed by atoms with E-state index in [0.717, 1.165) is 0 Å². The lowest BCUT2D eigenvalue weighted by molar-refractivity contribution is -0.127. The third-order valence-electron chi connectivity index (χ3n) is 2.24. The van der Waals surface area contributed by atoms with Gasteiger partial charge in [-0.25, -0.2) is 4.79 Å². The molecule has 0 unspecified atom stereocenters. The molecule has 2 rings (SSSR count). The van der Waals surface area contributed by atoms with Crippen LogP contribution in [-0.2, 0) is 4.79 Å². The molecule has 68 valence electrons. The second-order valence-corrected chi connectivity index (χ2v) is 3.16. The monoisotopic (exact) mass is 191 g/mol. The first-order valence-electron chi connectivity index (χ1n) is 3.52. The molecule has 4 N–H and O–H groups in total. The smallest absolute Gasteiger partial charge is 0.322 e. The lowest BCUT2D eigenvalue weighted by Crippen LogP contribution is -2.61. The molecule has 1 saturated heterocycles. The number of amides is 3. The number of nitrogens with one attached hydrogen (secondary N) is 2. The van der Waals surface area contributed by atoms with Crippen molar-refractivity contribution in [3.05, 3.63) is 0 Å². The molecule has 1 saturated carbocycles. The summed E-state index contributed by atoms with van der Waals surface area (Å²) in [6.07, 6.45) is 1.12. The molecule has 0 radical (unpaired) electrons. The van der Waals surface area contributed by atoms with Gasteiger partial charge in [0.25, 0.3) is 5.91 Å². The van der Waals surface area contributed by atoms with E-state index in [9.17, 15) is 9.59 Å². The Bertz CT molecular complexity index is 237. The Morgan fingerprint density at radius 1 is 1.42 bits per heavy atom. The van der Waals surface area contributed by atoms with Gasteiger partial charge in [0, 0.05) is 6.04 Å². The molecule has 1 spiro atoms. The normalized spacial score (nSPS) is 38.2. The van der Waals surface area contributed by atoms with Gasteiger partial charge in [-0.15, -0.1) is 12.4 Å².